The van der Waals surface area contributed by atoms with Crippen molar-refractivity contribution in [2.24, 2.45) is 0 Å². The second-order valence-electron chi connectivity index (χ2n) is 23.9. The van der Waals surface area contributed by atoms with Gasteiger partial charge in [0, 0.05) is 6.42 Å². The van der Waals surface area contributed by atoms with Crippen LogP contribution in [0.3, 0.4) is 0 Å². The molecule has 85 heavy (non-hydrogen) atoms. The van der Waals surface area contributed by atoms with Gasteiger partial charge in [-0.25, -0.2) is 0 Å². The first-order valence-corrected chi connectivity index (χ1v) is 35.0. The molecular formula is C74H129NO10. The lowest BCUT2D eigenvalue weighted by Crippen LogP contribution is -2.61. The molecule has 1 amide bonds. The molecule has 1 fully saturated rings. The summed E-state index contributed by atoms with van der Waals surface area (Å²) in [4.78, 5) is 26.7. The van der Waals surface area contributed by atoms with Crippen molar-refractivity contribution in [3.05, 3.63) is 97.2 Å². The van der Waals surface area contributed by atoms with Gasteiger partial charge in [-0.2, -0.15) is 0 Å². The fraction of sp³-hybridized carbons (Fsp3) is 0.757. The fourth-order valence-corrected chi connectivity index (χ4v) is 10.5. The molecule has 6 N–H and O–H groups in total. The molecule has 1 saturated heterocycles. The van der Waals surface area contributed by atoms with Gasteiger partial charge in [0.1, 0.15) is 24.4 Å². The second-order valence-corrected chi connectivity index (χ2v) is 23.9. The number of aliphatic hydroxyl groups excluding tert-OH is 5. The van der Waals surface area contributed by atoms with Crippen LogP contribution in [0.15, 0.2) is 97.2 Å². The van der Waals surface area contributed by atoms with Crippen LogP contribution in [0.25, 0.3) is 0 Å². The Bertz CT molecular complexity index is 1750. The predicted octanol–water partition coefficient (Wildman–Crippen LogP) is 17.8. The van der Waals surface area contributed by atoms with Gasteiger partial charge in [-0.1, -0.05) is 285 Å². The number of hydrogen-bond donors (Lipinski definition) is 6. The van der Waals surface area contributed by atoms with E-state index in [0.29, 0.717) is 12.8 Å². The number of carbonyl (C=O) groups is 2. The number of allylic oxidation sites excluding steroid dienone is 15. The van der Waals surface area contributed by atoms with Crippen LogP contribution in [-0.2, 0) is 23.8 Å². The van der Waals surface area contributed by atoms with Crippen LogP contribution in [0, 0.1) is 0 Å². The summed E-state index contributed by atoms with van der Waals surface area (Å²) >= 11 is 0. The maximum atomic E-state index is 13.5. The van der Waals surface area contributed by atoms with Crippen molar-refractivity contribution in [3.63, 3.8) is 0 Å². The maximum absolute atomic E-state index is 13.5. The minimum atomic E-state index is -1.62. The molecule has 490 valence electrons. The third kappa shape index (κ3) is 48.2. The van der Waals surface area contributed by atoms with E-state index in [4.69, 9.17) is 14.2 Å². The van der Waals surface area contributed by atoms with Gasteiger partial charge in [0.2, 0.25) is 5.91 Å². The molecule has 11 nitrogen and oxygen atoms in total. The van der Waals surface area contributed by atoms with Gasteiger partial charge in [-0.15, -0.1) is 0 Å². The highest BCUT2D eigenvalue weighted by Crippen LogP contribution is 2.26. The van der Waals surface area contributed by atoms with Crippen molar-refractivity contribution in [1.82, 2.24) is 5.32 Å². The Balaban J connectivity index is 2.63. The van der Waals surface area contributed by atoms with Gasteiger partial charge in [0.25, 0.3) is 0 Å². The Morgan fingerprint density at radius 2 is 0.847 bits per heavy atom. The van der Waals surface area contributed by atoms with E-state index in [1.807, 2.05) is 6.08 Å². The lowest BCUT2D eigenvalue weighted by atomic mass is 9.99. The molecule has 0 aromatic carbocycles. The van der Waals surface area contributed by atoms with E-state index in [-0.39, 0.29) is 19.4 Å². The van der Waals surface area contributed by atoms with Crippen LogP contribution in [0.5, 0.6) is 0 Å². The van der Waals surface area contributed by atoms with Crippen molar-refractivity contribution >= 4 is 11.9 Å². The summed E-state index contributed by atoms with van der Waals surface area (Å²) < 4.78 is 17.7. The lowest BCUT2D eigenvalue weighted by Gasteiger charge is -2.41. The van der Waals surface area contributed by atoms with Crippen molar-refractivity contribution in [3.8, 4) is 0 Å². The zero-order chi connectivity index (χ0) is 61.7. The predicted molar refractivity (Wildman–Crippen MR) is 356 cm³/mol. The lowest BCUT2D eigenvalue weighted by molar-refractivity contribution is -0.305. The van der Waals surface area contributed by atoms with Crippen LogP contribution >= 0.6 is 0 Å². The first kappa shape index (κ1) is 79.6. The van der Waals surface area contributed by atoms with Gasteiger partial charge < -0.3 is 45.1 Å². The summed E-state index contributed by atoms with van der Waals surface area (Å²) in [6, 6.07) is -1.04. The number of unbranched alkanes of at least 4 members (excludes halogenated alkanes) is 31. The molecule has 1 aliphatic rings. The average molecular weight is 1190 g/mol. The van der Waals surface area contributed by atoms with E-state index < -0.39 is 67.4 Å². The molecule has 1 heterocycles. The maximum Gasteiger partial charge on any atom is 0.306 e. The number of rotatable bonds is 59. The molecular weight excluding hydrogens is 1060 g/mol. The van der Waals surface area contributed by atoms with Gasteiger partial charge in [-0.3, -0.25) is 9.59 Å². The summed E-state index contributed by atoms with van der Waals surface area (Å²) in [6.45, 7) is 5.67. The molecule has 8 atom stereocenters. The number of aliphatic hydroxyl groups is 5. The Labute approximate surface area is 520 Å². The van der Waals surface area contributed by atoms with Gasteiger partial charge in [0.15, 0.2) is 12.4 Å². The third-order valence-electron chi connectivity index (χ3n) is 16.0. The monoisotopic (exact) mass is 1190 g/mol. The van der Waals surface area contributed by atoms with E-state index in [1.54, 1.807) is 6.08 Å². The van der Waals surface area contributed by atoms with Gasteiger partial charge in [0.05, 0.1) is 25.4 Å². The molecule has 8 unspecified atom stereocenters. The molecule has 0 aromatic rings. The smallest absolute Gasteiger partial charge is 0.306 e. The van der Waals surface area contributed by atoms with Crippen LogP contribution < -0.4 is 5.32 Å². The van der Waals surface area contributed by atoms with Crippen molar-refractivity contribution < 1.29 is 49.3 Å². The van der Waals surface area contributed by atoms with E-state index in [2.05, 4.69) is 111 Å². The number of amides is 1. The van der Waals surface area contributed by atoms with E-state index in [9.17, 15) is 35.1 Å². The molecule has 0 bridgehead atoms. The zero-order valence-electron chi connectivity index (χ0n) is 54.5. The van der Waals surface area contributed by atoms with Crippen LogP contribution in [-0.4, -0.2) is 99.6 Å². The summed E-state index contributed by atoms with van der Waals surface area (Å²) in [6.07, 6.45) is 71.5. The molecule has 0 spiro atoms. The molecule has 1 aliphatic heterocycles. The first-order valence-electron chi connectivity index (χ1n) is 35.0. The Morgan fingerprint density at radius 3 is 1.29 bits per heavy atom. The van der Waals surface area contributed by atoms with Crippen LogP contribution in [0.2, 0.25) is 0 Å². The Morgan fingerprint density at radius 1 is 0.471 bits per heavy atom. The number of hydrogen-bond acceptors (Lipinski definition) is 10. The van der Waals surface area contributed by atoms with Gasteiger partial charge in [-0.05, 0) is 103 Å². The number of ether oxygens (including phenoxy) is 3. The molecule has 1 rings (SSSR count). The SMILES string of the molecule is CC/C=C\C/C=C\C/C=C\C/C=C\C/C=C\CCCCCCCCC(O)C(=O)NC(COC1OC(CO)C(O)C(O)C1OC(=O)CCCCCCCCCCCCC/C=C\C/C=C\CCCCC)C(O)/C=C/CCCCCCCCCCCCC. The Kier molecular flexibility index (Phi) is 57.0. The normalized spacial score (nSPS) is 19.0. The number of nitrogens with one attached hydrogen (secondary N) is 1. The van der Waals surface area contributed by atoms with Crippen LogP contribution in [0.1, 0.15) is 297 Å². The fourth-order valence-electron chi connectivity index (χ4n) is 10.5. The number of carbonyl (C=O) groups excluding carboxylic acids is 2. The topological polar surface area (TPSA) is 175 Å². The van der Waals surface area contributed by atoms with E-state index in [1.165, 1.54) is 135 Å². The van der Waals surface area contributed by atoms with Crippen molar-refractivity contribution in [2.45, 2.75) is 346 Å². The second kappa shape index (κ2) is 60.8. The average Bonchev–Trinajstić information content (AvgIpc) is 3.19. The molecule has 0 saturated carbocycles. The minimum absolute atomic E-state index is 0.116. The Hall–Kier alpha value is -3.42. The van der Waals surface area contributed by atoms with E-state index in [0.717, 1.165) is 116 Å². The molecule has 0 aromatic heterocycles. The highest BCUT2D eigenvalue weighted by atomic mass is 16.7. The zero-order valence-corrected chi connectivity index (χ0v) is 54.5. The molecule has 0 aliphatic carbocycles. The standard InChI is InChI=1S/C74H129NO10/c1-4-7-10-13-16-19-22-25-27-29-31-33-35-36-38-40-43-46-49-52-55-58-61-67(78)73(82)75-65(66(77)60-57-54-51-48-45-42-24-21-18-15-12-9-6-3)64-83-74-72(71(81)70(80)68(63-76)84-74)85-69(79)62-59-56-53-50-47-44-41-39-37-34-32-30-28-26-23-20-17-14-11-8-5-2/h7,10,16-17,19-20,25-28,31,33,36,38,57,60,65-68,70-72,74,76-78,80-81H,4-6,8-9,11-15,18,21-24,29-30,32,34-35,37,39-56,58-59,61-64H2,1-3H3,(H,75,82)/b10-7-,19-16-,20-17-,27-25-,28-26-,33-31-,38-36-,60-57+. The van der Waals surface area contributed by atoms with Crippen molar-refractivity contribution in [1.29, 1.82) is 0 Å². The summed E-state index contributed by atoms with van der Waals surface area (Å²) in [5, 5.41) is 57.2. The molecule has 0 radical (unpaired) electrons. The summed E-state index contributed by atoms with van der Waals surface area (Å²) in [5.74, 6) is -1.21. The summed E-state index contributed by atoms with van der Waals surface area (Å²) in [7, 11) is 0. The van der Waals surface area contributed by atoms with Crippen molar-refractivity contribution in [2.75, 3.05) is 13.2 Å². The third-order valence-corrected chi connectivity index (χ3v) is 16.0. The first-order chi connectivity index (χ1) is 41.7. The van der Waals surface area contributed by atoms with Crippen LogP contribution in [0.4, 0.5) is 0 Å². The minimum Gasteiger partial charge on any atom is -0.454 e. The summed E-state index contributed by atoms with van der Waals surface area (Å²) in [5.41, 5.74) is 0. The van der Waals surface area contributed by atoms with Gasteiger partial charge >= 0.3 is 5.97 Å². The highest BCUT2D eigenvalue weighted by Gasteiger charge is 2.47. The highest BCUT2D eigenvalue weighted by molar-refractivity contribution is 5.80. The molecule has 11 heteroatoms. The largest absolute Gasteiger partial charge is 0.454 e. The van der Waals surface area contributed by atoms with E-state index >= 15 is 0 Å². The number of esters is 1. The quantitative estimate of drug-likeness (QED) is 0.0195.